The number of rotatable bonds is 8. The Bertz CT molecular complexity index is 551. The van der Waals surface area contributed by atoms with Crippen LogP contribution in [0.2, 0.25) is 0 Å². The second-order valence-electron chi connectivity index (χ2n) is 5.11. The third kappa shape index (κ3) is 3.53. The van der Waals surface area contributed by atoms with E-state index in [-0.39, 0.29) is 0 Å². The largest absolute Gasteiger partial charge is 0.385 e. The van der Waals surface area contributed by atoms with Crippen molar-refractivity contribution >= 4 is 22.6 Å². The molecule has 0 fully saturated rings. The van der Waals surface area contributed by atoms with E-state index in [9.17, 15) is 0 Å². The third-order valence-corrected chi connectivity index (χ3v) is 3.78. The van der Waals surface area contributed by atoms with Gasteiger partial charge in [0.05, 0.1) is 11.0 Å². The quantitative estimate of drug-likeness (QED) is 0.544. The maximum Gasteiger partial charge on any atom is 0.111 e. The van der Waals surface area contributed by atoms with Crippen molar-refractivity contribution in [1.82, 2.24) is 9.55 Å². The molecular weight excluding hydrogens is 272 g/mol. The Labute approximate surface area is 125 Å². The highest BCUT2D eigenvalue weighted by Gasteiger charge is 2.11. The first-order valence-corrected chi connectivity index (χ1v) is 7.81. The first-order valence-electron chi connectivity index (χ1n) is 7.27. The number of imidazole rings is 1. The SMILES string of the molecule is COCCCCCn1c(CCCl)nc2cccc(C)c21. The highest BCUT2D eigenvalue weighted by Crippen LogP contribution is 2.21. The van der Waals surface area contributed by atoms with Gasteiger partial charge in [-0.25, -0.2) is 4.98 Å². The van der Waals surface area contributed by atoms with Crippen LogP contribution < -0.4 is 0 Å². The molecule has 0 saturated carbocycles. The number of aromatic nitrogens is 2. The zero-order chi connectivity index (χ0) is 14.4. The van der Waals surface area contributed by atoms with Crippen molar-refractivity contribution < 1.29 is 4.74 Å². The normalized spacial score (nSPS) is 11.3. The smallest absolute Gasteiger partial charge is 0.111 e. The molecule has 1 heterocycles. The fourth-order valence-electron chi connectivity index (χ4n) is 2.62. The van der Waals surface area contributed by atoms with Crippen molar-refractivity contribution in [3.05, 3.63) is 29.6 Å². The van der Waals surface area contributed by atoms with Crippen LogP contribution in [0.5, 0.6) is 0 Å². The summed E-state index contributed by atoms with van der Waals surface area (Å²) in [6.45, 7) is 4.01. The first kappa shape index (κ1) is 15.3. The number of para-hydroxylation sites is 1. The molecule has 0 saturated heterocycles. The Morgan fingerprint density at radius 3 is 2.85 bits per heavy atom. The summed E-state index contributed by atoms with van der Waals surface area (Å²) in [4.78, 5) is 4.73. The lowest BCUT2D eigenvalue weighted by Crippen LogP contribution is -2.06. The van der Waals surface area contributed by atoms with E-state index in [4.69, 9.17) is 21.3 Å². The number of hydrogen-bond acceptors (Lipinski definition) is 2. The van der Waals surface area contributed by atoms with Crippen LogP contribution in [-0.2, 0) is 17.7 Å². The highest BCUT2D eigenvalue weighted by molar-refractivity contribution is 6.17. The van der Waals surface area contributed by atoms with Crippen LogP contribution in [0.4, 0.5) is 0 Å². The van der Waals surface area contributed by atoms with Gasteiger partial charge in [-0.3, -0.25) is 0 Å². The Morgan fingerprint density at radius 1 is 1.25 bits per heavy atom. The van der Waals surface area contributed by atoms with Crippen molar-refractivity contribution in [1.29, 1.82) is 0 Å². The van der Waals surface area contributed by atoms with E-state index < -0.39 is 0 Å². The molecule has 4 heteroatoms. The van der Waals surface area contributed by atoms with E-state index in [0.29, 0.717) is 5.88 Å². The Kier molecular flexibility index (Phi) is 5.86. The number of hydrogen-bond donors (Lipinski definition) is 0. The van der Waals surface area contributed by atoms with Crippen molar-refractivity contribution in [2.24, 2.45) is 0 Å². The van der Waals surface area contributed by atoms with Gasteiger partial charge in [-0.2, -0.15) is 0 Å². The molecule has 0 N–H and O–H groups in total. The van der Waals surface area contributed by atoms with Crippen LogP contribution in [0.1, 0.15) is 30.7 Å². The fourth-order valence-corrected chi connectivity index (χ4v) is 2.79. The van der Waals surface area contributed by atoms with Gasteiger partial charge in [-0.05, 0) is 37.8 Å². The monoisotopic (exact) mass is 294 g/mol. The van der Waals surface area contributed by atoms with Gasteiger partial charge in [0, 0.05) is 32.6 Å². The lowest BCUT2D eigenvalue weighted by molar-refractivity contribution is 0.191. The molecule has 20 heavy (non-hydrogen) atoms. The van der Waals surface area contributed by atoms with E-state index in [1.54, 1.807) is 7.11 Å². The molecule has 0 aliphatic carbocycles. The van der Waals surface area contributed by atoms with E-state index in [0.717, 1.165) is 43.8 Å². The summed E-state index contributed by atoms with van der Waals surface area (Å²) in [5, 5.41) is 0. The Hall–Kier alpha value is -1.06. The molecule has 2 rings (SSSR count). The van der Waals surface area contributed by atoms with Crippen LogP contribution in [0.25, 0.3) is 11.0 Å². The molecule has 0 radical (unpaired) electrons. The Balaban J connectivity index is 2.17. The molecule has 0 spiro atoms. The molecule has 1 aromatic heterocycles. The van der Waals surface area contributed by atoms with Crippen molar-refractivity contribution in [3.8, 4) is 0 Å². The van der Waals surface area contributed by atoms with Gasteiger partial charge >= 0.3 is 0 Å². The number of unbranched alkanes of at least 4 members (excludes halogenated alkanes) is 2. The summed E-state index contributed by atoms with van der Waals surface area (Å²) in [5.74, 6) is 1.72. The van der Waals surface area contributed by atoms with Crippen molar-refractivity contribution in [2.75, 3.05) is 19.6 Å². The molecule has 0 unspecified atom stereocenters. The second kappa shape index (κ2) is 7.65. The standard InChI is InChI=1S/C16H23ClN2O/c1-13-7-6-8-14-16(13)19(15(18-14)9-10-17)11-4-3-5-12-20-2/h6-8H,3-5,9-12H2,1-2H3. The zero-order valence-electron chi connectivity index (χ0n) is 12.4. The van der Waals surface area contributed by atoms with Gasteiger partial charge in [0.1, 0.15) is 5.82 Å². The van der Waals surface area contributed by atoms with Gasteiger partial charge in [0.15, 0.2) is 0 Å². The predicted octanol–water partition coefficient (Wildman–Crippen LogP) is 3.94. The number of benzene rings is 1. The number of halogens is 1. The van der Waals surface area contributed by atoms with Crippen LogP contribution in [0.15, 0.2) is 18.2 Å². The number of aryl methyl sites for hydroxylation is 3. The van der Waals surface area contributed by atoms with Crippen molar-refractivity contribution in [3.63, 3.8) is 0 Å². The fraction of sp³-hybridized carbons (Fsp3) is 0.562. The number of nitrogens with zero attached hydrogens (tertiary/aromatic N) is 2. The maximum atomic E-state index is 5.91. The minimum absolute atomic E-state index is 0.617. The van der Waals surface area contributed by atoms with E-state index >= 15 is 0 Å². The minimum atomic E-state index is 0.617. The van der Waals surface area contributed by atoms with Crippen LogP contribution in [0, 0.1) is 6.92 Å². The van der Waals surface area contributed by atoms with E-state index in [1.165, 1.54) is 17.5 Å². The minimum Gasteiger partial charge on any atom is -0.385 e. The van der Waals surface area contributed by atoms with Crippen molar-refractivity contribution in [2.45, 2.75) is 39.2 Å². The van der Waals surface area contributed by atoms with Crippen LogP contribution >= 0.6 is 11.6 Å². The molecule has 2 aromatic rings. The molecule has 3 nitrogen and oxygen atoms in total. The average Bonchev–Trinajstić information content (AvgIpc) is 2.78. The van der Waals surface area contributed by atoms with Gasteiger partial charge in [-0.1, -0.05) is 12.1 Å². The number of alkyl halides is 1. The van der Waals surface area contributed by atoms with Gasteiger partial charge < -0.3 is 9.30 Å². The van der Waals surface area contributed by atoms with E-state index in [2.05, 4.69) is 29.7 Å². The molecule has 0 atom stereocenters. The molecule has 0 aliphatic heterocycles. The summed E-state index contributed by atoms with van der Waals surface area (Å²) < 4.78 is 7.44. The molecule has 0 amide bonds. The summed E-state index contributed by atoms with van der Waals surface area (Å²) in [6, 6.07) is 6.30. The summed E-state index contributed by atoms with van der Waals surface area (Å²) in [6.07, 6.45) is 4.28. The molecular formula is C16H23ClN2O. The first-order chi connectivity index (χ1) is 9.77. The summed E-state index contributed by atoms with van der Waals surface area (Å²) >= 11 is 5.91. The zero-order valence-corrected chi connectivity index (χ0v) is 13.1. The number of methoxy groups -OCH3 is 1. The van der Waals surface area contributed by atoms with E-state index in [1.807, 2.05) is 0 Å². The summed E-state index contributed by atoms with van der Waals surface area (Å²) in [5.41, 5.74) is 3.63. The average molecular weight is 295 g/mol. The van der Waals surface area contributed by atoms with Crippen LogP contribution in [-0.4, -0.2) is 29.1 Å². The topological polar surface area (TPSA) is 27.1 Å². The molecule has 1 aromatic carbocycles. The van der Waals surface area contributed by atoms with Gasteiger partial charge in [0.25, 0.3) is 0 Å². The molecule has 110 valence electrons. The van der Waals surface area contributed by atoms with Gasteiger partial charge in [0.2, 0.25) is 0 Å². The lowest BCUT2D eigenvalue weighted by Gasteiger charge is -2.10. The second-order valence-corrected chi connectivity index (χ2v) is 5.49. The predicted molar refractivity (Wildman–Crippen MR) is 84.6 cm³/mol. The third-order valence-electron chi connectivity index (χ3n) is 3.60. The molecule has 0 aliphatic rings. The van der Waals surface area contributed by atoms with Crippen LogP contribution in [0.3, 0.4) is 0 Å². The number of ether oxygens (including phenoxy) is 1. The summed E-state index contributed by atoms with van der Waals surface area (Å²) in [7, 11) is 1.76. The lowest BCUT2D eigenvalue weighted by atomic mass is 10.2. The number of fused-ring (bicyclic) bond motifs is 1. The van der Waals surface area contributed by atoms with Gasteiger partial charge in [-0.15, -0.1) is 11.6 Å². The molecule has 0 bridgehead atoms. The highest BCUT2D eigenvalue weighted by atomic mass is 35.5. The maximum absolute atomic E-state index is 5.91. The Morgan fingerprint density at radius 2 is 2.10 bits per heavy atom.